The monoisotopic (exact) mass is 470 g/mol. The third kappa shape index (κ3) is 5.72. The Labute approximate surface area is 194 Å². The maximum Gasteiger partial charge on any atom is 0.513 e. The summed E-state index contributed by atoms with van der Waals surface area (Å²) in [6.07, 6.45) is 0.845. The highest BCUT2D eigenvalue weighted by atomic mass is 32.2. The number of hydrogen-bond donors (Lipinski definition) is 1. The van der Waals surface area contributed by atoms with Gasteiger partial charge < -0.3 is 19.3 Å². The van der Waals surface area contributed by atoms with Gasteiger partial charge >= 0.3 is 12.1 Å². The van der Waals surface area contributed by atoms with E-state index in [0.717, 1.165) is 0 Å². The van der Waals surface area contributed by atoms with Crippen molar-refractivity contribution in [2.75, 3.05) is 20.3 Å². The van der Waals surface area contributed by atoms with Gasteiger partial charge in [0.2, 0.25) is 0 Å². The van der Waals surface area contributed by atoms with E-state index in [2.05, 4.69) is 4.99 Å². The van der Waals surface area contributed by atoms with Crippen molar-refractivity contribution in [1.29, 1.82) is 0 Å². The molecular formula is C23H22N2O7S. The fourth-order valence-corrected chi connectivity index (χ4v) is 4.00. The van der Waals surface area contributed by atoms with E-state index in [-0.39, 0.29) is 23.8 Å². The van der Waals surface area contributed by atoms with Gasteiger partial charge in [0.15, 0.2) is 16.7 Å². The van der Waals surface area contributed by atoms with Crippen molar-refractivity contribution < 1.29 is 33.7 Å². The highest BCUT2D eigenvalue weighted by molar-refractivity contribution is 8.18. The second-order valence-corrected chi connectivity index (χ2v) is 7.61. The fraction of sp³-hybridized carbons (Fsp3) is 0.217. The number of amides is 1. The minimum absolute atomic E-state index is 0.113. The quantitative estimate of drug-likeness (QED) is 0.356. The van der Waals surface area contributed by atoms with E-state index >= 15 is 0 Å². The molecule has 33 heavy (non-hydrogen) atoms. The predicted octanol–water partition coefficient (Wildman–Crippen LogP) is 4.55. The van der Waals surface area contributed by atoms with Crippen LogP contribution >= 0.6 is 11.8 Å². The molecule has 0 aliphatic carbocycles. The van der Waals surface area contributed by atoms with Crippen molar-refractivity contribution in [2.24, 2.45) is 4.99 Å². The molecule has 2 aromatic carbocycles. The highest BCUT2D eigenvalue weighted by Gasteiger charge is 2.32. The maximum atomic E-state index is 12.9. The number of thioether (sulfide) groups is 1. The molecule has 3 rings (SSSR count). The van der Waals surface area contributed by atoms with Crippen LogP contribution in [0, 0.1) is 0 Å². The Morgan fingerprint density at radius 3 is 2.61 bits per heavy atom. The van der Waals surface area contributed by atoms with E-state index in [1.165, 1.54) is 35.9 Å². The van der Waals surface area contributed by atoms with E-state index < -0.39 is 12.1 Å². The molecule has 1 N–H and O–H groups in total. The summed E-state index contributed by atoms with van der Waals surface area (Å²) >= 11 is 1.18. The Morgan fingerprint density at radius 1 is 1.15 bits per heavy atom. The fourth-order valence-electron chi connectivity index (χ4n) is 2.94. The number of methoxy groups -OCH3 is 1. The molecule has 0 unspecified atom stereocenters. The molecule has 0 bridgehead atoms. The van der Waals surface area contributed by atoms with Crippen LogP contribution in [0.5, 0.6) is 11.5 Å². The van der Waals surface area contributed by atoms with Gasteiger partial charge in [-0.15, -0.1) is 0 Å². The molecule has 172 valence electrons. The van der Waals surface area contributed by atoms with Gasteiger partial charge in [-0.05, 0) is 67.6 Å². The van der Waals surface area contributed by atoms with E-state index in [1.54, 1.807) is 43.3 Å². The van der Waals surface area contributed by atoms with E-state index in [4.69, 9.17) is 14.2 Å². The highest BCUT2D eigenvalue weighted by Crippen LogP contribution is 2.36. The molecule has 1 heterocycles. The molecular weight excluding hydrogens is 448 g/mol. The Morgan fingerprint density at radius 2 is 1.94 bits per heavy atom. The molecule has 10 heteroatoms. The minimum atomic E-state index is -1.05. The first kappa shape index (κ1) is 23.9. The Bertz CT molecular complexity index is 1140. The SMILES string of the molecule is CCOC(=O)Oc1ccc(/C=C2/SC(=Nc3cccc(C(=O)O)c3)N(CC)C2=O)cc1OC. The largest absolute Gasteiger partial charge is 0.513 e. The van der Waals surface area contributed by atoms with Crippen molar-refractivity contribution in [3.05, 3.63) is 58.5 Å². The molecule has 1 amide bonds. The van der Waals surface area contributed by atoms with Crippen molar-refractivity contribution >= 4 is 46.7 Å². The first-order valence-electron chi connectivity index (χ1n) is 10.0. The molecule has 0 radical (unpaired) electrons. The van der Waals surface area contributed by atoms with Gasteiger partial charge in [0.05, 0.1) is 29.9 Å². The maximum absolute atomic E-state index is 12.9. The standard InChI is InChI=1S/C23H22N2O7S/c1-4-25-20(26)19(33-22(25)24-16-8-6-7-15(13-16)21(27)28)12-14-9-10-17(18(11-14)30-3)32-23(29)31-5-2/h6-13H,4-5H2,1-3H3,(H,27,28)/b19-12+,24-22?. The number of carbonyl (C=O) groups excluding carboxylic acids is 2. The van der Waals surface area contributed by atoms with E-state index in [0.29, 0.717) is 33.6 Å². The van der Waals surface area contributed by atoms with Crippen LogP contribution in [0.1, 0.15) is 29.8 Å². The van der Waals surface area contributed by atoms with Crippen LogP contribution in [0.25, 0.3) is 6.08 Å². The number of likely N-dealkylation sites (N-methyl/N-ethyl adjacent to an activating group) is 1. The van der Waals surface area contributed by atoms with Gasteiger partial charge in [-0.3, -0.25) is 9.69 Å². The van der Waals surface area contributed by atoms with Gasteiger partial charge in [0.1, 0.15) is 0 Å². The summed E-state index contributed by atoms with van der Waals surface area (Å²) in [5.74, 6) is -0.773. The minimum Gasteiger partial charge on any atom is -0.493 e. The molecule has 1 aliphatic rings. The van der Waals surface area contributed by atoms with Crippen molar-refractivity contribution in [1.82, 2.24) is 4.90 Å². The van der Waals surface area contributed by atoms with Gasteiger partial charge in [-0.1, -0.05) is 12.1 Å². The van der Waals surface area contributed by atoms with Crippen molar-refractivity contribution in [2.45, 2.75) is 13.8 Å². The molecule has 0 saturated carbocycles. The topological polar surface area (TPSA) is 115 Å². The molecule has 0 spiro atoms. The molecule has 2 aromatic rings. The van der Waals surface area contributed by atoms with Crippen molar-refractivity contribution in [3.63, 3.8) is 0 Å². The Balaban J connectivity index is 1.88. The number of carboxylic acid groups (broad SMARTS) is 1. The third-order valence-corrected chi connectivity index (χ3v) is 5.47. The van der Waals surface area contributed by atoms with Crippen LogP contribution in [0.15, 0.2) is 52.4 Å². The lowest BCUT2D eigenvalue weighted by Gasteiger charge is -2.12. The molecule has 0 atom stereocenters. The summed E-state index contributed by atoms with van der Waals surface area (Å²) < 4.78 is 15.2. The Kier molecular flexibility index (Phi) is 7.73. The smallest absolute Gasteiger partial charge is 0.493 e. The van der Waals surface area contributed by atoms with Gasteiger partial charge in [-0.2, -0.15) is 0 Å². The summed E-state index contributed by atoms with van der Waals surface area (Å²) in [4.78, 5) is 42.1. The second kappa shape index (κ2) is 10.7. The van der Waals surface area contributed by atoms with Gasteiger partial charge in [0.25, 0.3) is 5.91 Å². The normalized spacial score (nSPS) is 15.7. The van der Waals surface area contributed by atoms with Gasteiger partial charge in [-0.25, -0.2) is 14.6 Å². The van der Waals surface area contributed by atoms with Gasteiger partial charge in [0, 0.05) is 6.54 Å². The second-order valence-electron chi connectivity index (χ2n) is 6.61. The number of carbonyl (C=O) groups is 3. The first-order valence-corrected chi connectivity index (χ1v) is 10.8. The first-order chi connectivity index (χ1) is 15.9. The average Bonchev–Trinajstić information content (AvgIpc) is 3.08. The number of ether oxygens (including phenoxy) is 3. The number of nitrogens with zero attached hydrogens (tertiary/aromatic N) is 2. The number of benzene rings is 2. The van der Waals surface area contributed by atoms with E-state index in [1.807, 2.05) is 6.92 Å². The number of aliphatic imine (C=N–C) groups is 1. The molecule has 9 nitrogen and oxygen atoms in total. The summed E-state index contributed by atoms with van der Waals surface area (Å²) in [7, 11) is 1.44. The zero-order chi connectivity index (χ0) is 24.0. The number of amidine groups is 1. The summed E-state index contributed by atoms with van der Waals surface area (Å²) in [6, 6.07) is 11.1. The van der Waals surface area contributed by atoms with Crippen LogP contribution in [-0.4, -0.2) is 53.5 Å². The van der Waals surface area contributed by atoms with Crippen LogP contribution in [0.3, 0.4) is 0 Å². The molecule has 1 saturated heterocycles. The zero-order valence-electron chi connectivity index (χ0n) is 18.2. The average molecular weight is 471 g/mol. The van der Waals surface area contributed by atoms with Crippen LogP contribution in [-0.2, 0) is 9.53 Å². The third-order valence-electron chi connectivity index (χ3n) is 4.46. The summed E-state index contributed by atoms with van der Waals surface area (Å²) in [6.45, 7) is 4.08. The summed E-state index contributed by atoms with van der Waals surface area (Å²) in [5, 5.41) is 9.63. The van der Waals surface area contributed by atoms with Crippen LogP contribution < -0.4 is 9.47 Å². The molecule has 0 aromatic heterocycles. The zero-order valence-corrected chi connectivity index (χ0v) is 19.0. The molecule has 1 aliphatic heterocycles. The lowest BCUT2D eigenvalue weighted by Crippen LogP contribution is -2.28. The summed E-state index contributed by atoms with van der Waals surface area (Å²) in [5.41, 5.74) is 1.21. The Hall–Kier alpha value is -3.79. The lowest BCUT2D eigenvalue weighted by molar-refractivity contribution is -0.122. The number of carboxylic acids is 1. The van der Waals surface area contributed by atoms with Crippen LogP contribution in [0.2, 0.25) is 0 Å². The van der Waals surface area contributed by atoms with Crippen molar-refractivity contribution in [3.8, 4) is 11.5 Å². The van der Waals surface area contributed by atoms with Crippen LogP contribution in [0.4, 0.5) is 10.5 Å². The number of rotatable bonds is 7. The predicted molar refractivity (Wildman–Crippen MR) is 124 cm³/mol. The van der Waals surface area contributed by atoms with E-state index in [9.17, 15) is 19.5 Å². The molecule has 1 fully saturated rings. The number of hydrogen-bond acceptors (Lipinski definition) is 8. The lowest BCUT2D eigenvalue weighted by atomic mass is 10.2. The number of aromatic carboxylic acids is 1.